The molecule has 0 bridgehead atoms. The molecule has 0 radical (unpaired) electrons. The van der Waals surface area contributed by atoms with Crippen molar-refractivity contribution in [2.75, 3.05) is 26.2 Å². The predicted octanol–water partition coefficient (Wildman–Crippen LogP) is 2.61. The van der Waals surface area contributed by atoms with Crippen molar-refractivity contribution in [1.82, 2.24) is 14.2 Å². The normalized spacial score (nSPS) is 17.3. The summed E-state index contributed by atoms with van der Waals surface area (Å²) in [5.74, 6) is 0. The van der Waals surface area contributed by atoms with E-state index in [9.17, 15) is 21.6 Å². The van der Waals surface area contributed by atoms with Gasteiger partial charge >= 0.3 is 6.18 Å². The lowest BCUT2D eigenvalue weighted by molar-refractivity contribution is -0.137. The maximum atomic E-state index is 12.8. The molecule has 0 unspecified atom stereocenters. The van der Waals surface area contributed by atoms with Crippen molar-refractivity contribution < 1.29 is 21.6 Å². The highest BCUT2D eigenvalue weighted by atomic mass is 32.2. The van der Waals surface area contributed by atoms with E-state index >= 15 is 0 Å². The maximum absolute atomic E-state index is 12.8. The molecule has 1 aliphatic heterocycles. The Balaban J connectivity index is 1.63. The zero-order valence-electron chi connectivity index (χ0n) is 13.9. The summed E-state index contributed by atoms with van der Waals surface area (Å²) in [4.78, 5) is 5.93. The van der Waals surface area contributed by atoms with Crippen LogP contribution in [0.4, 0.5) is 13.2 Å². The van der Waals surface area contributed by atoms with Gasteiger partial charge in [0.25, 0.3) is 0 Å². The first-order chi connectivity index (χ1) is 12.3. The molecule has 0 aliphatic carbocycles. The van der Waals surface area contributed by atoms with Crippen molar-refractivity contribution in [3.63, 3.8) is 0 Å². The number of alkyl halides is 3. The van der Waals surface area contributed by atoms with E-state index in [0.29, 0.717) is 25.2 Å². The van der Waals surface area contributed by atoms with Crippen LogP contribution < -0.4 is 0 Å². The molecule has 140 valence electrons. The Labute approximate surface area is 150 Å². The van der Waals surface area contributed by atoms with Crippen LogP contribution in [0.25, 0.3) is 0 Å². The van der Waals surface area contributed by atoms with E-state index in [2.05, 4.69) is 4.98 Å². The van der Waals surface area contributed by atoms with Gasteiger partial charge in [-0.05, 0) is 23.8 Å². The summed E-state index contributed by atoms with van der Waals surface area (Å²) in [5, 5.41) is 0. The van der Waals surface area contributed by atoms with E-state index < -0.39 is 21.8 Å². The summed E-state index contributed by atoms with van der Waals surface area (Å²) in [6, 6.07) is 8.28. The Hall–Kier alpha value is -1.97. The number of nitrogens with zero attached hydrogens (tertiary/aromatic N) is 3. The van der Waals surface area contributed by atoms with Crippen LogP contribution in [0.2, 0.25) is 0 Å². The number of piperazine rings is 1. The second-order valence-electron chi connectivity index (χ2n) is 6.07. The molecule has 1 saturated heterocycles. The zero-order chi connectivity index (χ0) is 18.8. The number of sulfonamides is 1. The Kier molecular flexibility index (Phi) is 5.31. The van der Waals surface area contributed by atoms with Crippen molar-refractivity contribution in [1.29, 1.82) is 0 Å². The van der Waals surface area contributed by atoms with Crippen LogP contribution in [0.15, 0.2) is 53.7 Å². The standard InChI is InChI=1S/C17H18F3N3O2S/c18-17(19,20)15-4-1-3-14(11-15)13-22-7-9-23(10-8-22)26(24,25)16-5-2-6-21-12-16/h1-6,11-12H,7-10,13H2. The molecule has 26 heavy (non-hydrogen) atoms. The first-order valence-corrected chi connectivity index (χ1v) is 9.49. The highest BCUT2D eigenvalue weighted by molar-refractivity contribution is 7.89. The van der Waals surface area contributed by atoms with Crippen molar-refractivity contribution in [2.24, 2.45) is 0 Å². The molecule has 2 aromatic rings. The minimum absolute atomic E-state index is 0.145. The van der Waals surface area contributed by atoms with Crippen molar-refractivity contribution in [2.45, 2.75) is 17.6 Å². The monoisotopic (exact) mass is 385 g/mol. The summed E-state index contributed by atoms with van der Waals surface area (Å²) >= 11 is 0. The highest BCUT2D eigenvalue weighted by Crippen LogP contribution is 2.30. The Morgan fingerprint density at radius 3 is 2.38 bits per heavy atom. The third kappa shape index (κ3) is 4.22. The van der Waals surface area contributed by atoms with Crippen LogP contribution in [0.3, 0.4) is 0 Å². The molecule has 0 amide bonds. The first-order valence-electron chi connectivity index (χ1n) is 8.05. The third-order valence-electron chi connectivity index (χ3n) is 4.26. The Bertz CT molecular complexity index is 849. The van der Waals surface area contributed by atoms with Crippen LogP contribution in [0.5, 0.6) is 0 Å². The quantitative estimate of drug-likeness (QED) is 0.812. The number of benzene rings is 1. The lowest BCUT2D eigenvalue weighted by Gasteiger charge is -2.34. The number of halogens is 3. The lowest BCUT2D eigenvalue weighted by Crippen LogP contribution is -2.48. The molecule has 1 aromatic carbocycles. The van der Waals surface area contributed by atoms with Gasteiger partial charge in [0.05, 0.1) is 5.56 Å². The molecule has 1 fully saturated rings. The van der Waals surface area contributed by atoms with E-state index in [-0.39, 0.29) is 18.0 Å². The summed E-state index contributed by atoms with van der Waals surface area (Å²) in [6.07, 6.45) is -1.55. The second-order valence-corrected chi connectivity index (χ2v) is 8.01. The van der Waals surface area contributed by atoms with Gasteiger partial charge in [-0.15, -0.1) is 0 Å². The second kappa shape index (κ2) is 7.34. The summed E-state index contributed by atoms with van der Waals surface area (Å²) < 4.78 is 64.9. The van der Waals surface area contributed by atoms with E-state index in [0.717, 1.165) is 12.1 Å². The SMILES string of the molecule is O=S(=O)(c1cccnc1)N1CCN(Cc2cccc(C(F)(F)F)c2)CC1. The van der Waals surface area contributed by atoms with Crippen molar-refractivity contribution in [3.8, 4) is 0 Å². The molecule has 3 rings (SSSR count). The fourth-order valence-electron chi connectivity index (χ4n) is 2.88. The molecular formula is C17H18F3N3O2S. The molecule has 0 spiro atoms. The topological polar surface area (TPSA) is 53.5 Å². The van der Waals surface area contributed by atoms with Gasteiger partial charge in [-0.3, -0.25) is 9.88 Å². The number of pyridine rings is 1. The Morgan fingerprint density at radius 1 is 1.04 bits per heavy atom. The van der Waals surface area contributed by atoms with Gasteiger partial charge in [0.15, 0.2) is 0 Å². The fourth-order valence-corrected chi connectivity index (χ4v) is 4.27. The van der Waals surface area contributed by atoms with Crippen molar-refractivity contribution >= 4 is 10.0 Å². The third-order valence-corrected chi connectivity index (χ3v) is 6.15. The van der Waals surface area contributed by atoms with Gasteiger partial charge in [-0.25, -0.2) is 8.42 Å². The van der Waals surface area contributed by atoms with Gasteiger partial charge in [0.1, 0.15) is 4.90 Å². The fraction of sp³-hybridized carbons (Fsp3) is 0.353. The minimum atomic E-state index is -4.37. The summed E-state index contributed by atoms with van der Waals surface area (Å²) in [5.41, 5.74) is -0.115. The van der Waals surface area contributed by atoms with E-state index in [4.69, 9.17) is 0 Å². The largest absolute Gasteiger partial charge is 0.416 e. The molecule has 1 aromatic heterocycles. The van der Waals surface area contributed by atoms with Crippen LogP contribution >= 0.6 is 0 Å². The number of hydrogen-bond donors (Lipinski definition) is 0. The van der Waals surface area contributed by atoms with Crippen LogP contribution in [0, 0.1) is 0 Å². The molecule has 9 heteroatoms. The van der Waals surface area contributed by atoms with Gasteiger partial charge in [0, 0.05) is 45.1 Å². The number of hydrogen-bond acceptors (Lipinski definition) is 4. The molecule has 1 aliphatic rings. The molecule has 0 atom stereocenters. The van der Waals surface area contributed by atoms with Crippen LogP contribution in [0.1, 0.15) is 11.1 Å². The lowest BCUT2D eigenvalue weighted by atomic mass is 10.1. The first kappa shape index (κ1) is 18.8. The van der Waals surface area contributed by atoms with Crippen LogP contribution in [-0.4, -0.2) is 48.8 Å². The number of rotatable bonds is 4. The van der Waals surface area contributed by atoms with E-state index in [1.165, 1.54) is 28.8 Å². The van der Waals surface area contributed by atoms with Gasteiger partial charge in [-0.1, -0.05) is 18.2 Å². The summed E-state index contributed by atoms with van der Waals surface area (Å²) in [7, 11) is -3.59. The van der Waals surface area contributed by atoms with Gasteiger partial charge < -0.3 is 0 Å². The molecular weight excluding hydrogens is 367 g/mol. The average Bonchev–Trinajstić information content (AvgIpc) is 2.62. The van der Waals surface area contributed by atoms with Gasteiger partial charge in [0.2, 0.25) is 10.0 Å². The maximum Gasteiger partial charge on any atom is 0.416 e. The zero-order valence-corrected chi connectivity index (χ0v) is 14.7. The molecule has 2 heterocycles. The average molecular weight is 385 g/mol. The van der Waals surface area contributed by atoms with E-state index in [1.54, 1.807) is 12.1 Å². The minimum Gasteiger partial charge on any atom is -0.296 e. The summed E-state index contributed by atoms with van der Waals surface area (Å²) in [6.45, 7) is 1.84. The van der Waals surface area contributed by atoms with Crippen molar-refractivity contribution in [3.05, 3.63) is 59.9 Å². The van der Waals surface area contributed by atoms with Crippen LogP contribution in [-0.2, 0) is 22.7 Å². The molecule has 0 saturated carbocycles. The Morgan fingerprint density at radius 2 is 1.77 bits per heavy atom. The van der Waals surface area contributed by atoms with Gasteiger partial charge in [-0.2, -0.15) is 17.5 Å². The molecule has 0 N–H and O–H groups in total. The smallest absolute Gasteiger partial charge is 0.296 e. The predicted molar refractivity (Wildman–Crippen MR) is 89.7 cm³/mol. The number of aromatic nitrogens is 1. The highest BCUT2D eigenvalue weighted by Gasteiger charge is 2.31. The van der Waals surface area contributed by atoms with E-state index in [1.807, 2.05) is 4.90 Å². The molecule has 5 nitrogen and oxygen atoms in total.